The highest BCUT2D eigenvalue weighted by Gasteiger charge is 2.36. The van der Waals surface area contributed by atoms with Gasteiger partial charge in [0.25, 0.3) is 11.8 Å². The molecule has 1 rings (SSSR count). The predicted molar refractivity (Wildman–Crippen MR) is 47.6 cm³/mol. The fraction of sp³-hybridized carbons (Fsp3) is 0.444. The first-order valence-corrected chi connectivity index (χ1v) is 4.25. The minimum atomic E-state index is -1.06. The van der Waals surface area contributed by atoms with E-state index in [1.807, 2.05) is 0 Å². The summed E-state index contributed by atoms with van der Waals surface area (Å²) in [6.07, 6.45) is 0.746. The Morgan fingerprint density at radius 2 is 1.93 bits per heavy atom. The molecule has 0 fully saturated rings. The molecule has 0 radical (unpaired) electrons. The van der Waals surface area contributed by atoms with Crippen LogP contribution < -0.4 is 0 Å². The van der Waals surface area contributed by atoms with Crippen molar-refractivity contribution in [2.75, 3.05) is 0 Å². The molecule has 1 N–H and O–H groups in total. The van der Waals surface area contributed by atoms with Gasteiger partial charge in [0, 0.05) is 6.08 Å². The molecule has 0 bridgehead atoms. The average molecular weight is 213 g/mol. The lowest BCUT2D eigenvalue weighted by Crippen LogP contribution is -2.31. The minimum Gasteiger partial charge on any atom is -0.456 e. The van der Waals surface area contributed by atoms with Crippen molar-refractivity contribution in [3.8, 4) is 0 Å². The molecule has 1 aliphatic heterocycles. The lowest BCUT2D eigenvalue weighted by Gasteiger charge is -2.19. The number of carbonyl (C=O) groups excluding carboxylic acids is 3. The van der Waals surface area contributed by atoms with Crippen LogP contribution >= 0.6 is 0 Å². The molecule has 0 aliphatic carbocycles. The molecule has 0 spiro atoms. The molecule has 6 nitrogen and oxygen atoms in total. The Labute approximate surface area is 86.1 Å². The third-order valence-electron chi connectivity index (χ3n) is 1.52. The Morgan fingerprint density at radius 1 is 1.40 bits per heavy atom. The van der Waals surface area contributed by atoms with Crippen LogP contribution in [0.25, 0.3) is 0 Å². The fourth-order valence-electron chi connectivity index (χ4n) is 0.940. The van der Waals surface area contributed by atoms with Gasteiger partial charge >= 0.3 is 5.97 Å². The van der Waals surface area contributed by atoms with Crippen molar-refractivity contribution >= 4 is 17.8 Å². The standard InChI is InChI=1S/C9H11NO5/c1-9(2,3)15-8(13)5-4-6(11)10(14)7(5)12/h4,14H,1-3H3. The van der Waals surface area contributed by atoms with Crippen LogP contribution in [-0.2, 0) is 19.1 Å². The van der Waals surface area contributed by atoms with Gasteiger partial charge in [-0.15, -0.1) is 5.06 Å². The SMILES string of the molecule is CC(C)(C)OC(=O)C1=CC(=O)N(O)C1=O. The van der Waals surface area contributed by atoms with E-state index in [2.05, 4.69) is 0 Å². The first-order chi connectivity index (χ1) is 6.72. The number of amides is 2. The number of rotatable bonds is 1. The molecule has 0 atom stereocenters. The Bertz CT molecular complexity index is 363. The zero-order chi connectivity index (χ0) is 11.8. The number of ether oxygens (including phenoxy) is 1. The first kappa shape index (κ1) is 11.4. The zero-order valence-corrected chi connectivity index (χ0v) is 8.60. The summed E-state index contributed by atoms with van der Waals surface area (Å²) in [5, 5.41) is 8.73. The number of imide groups is 1. The molecule has 0 saturated carbocycles. The van der Waals surface area contributed by atoms with Crippen molar-refractivity contribution in [2.24, 2.45) is 0 Å². The molecular weight excluding hydrogens is 202 g/mol. The van der Waals surface area contributed by atoms with Gasteiger partial charge in [-0.3, -0.25) is 14.8 Å². The first-order valence-electron chi connectivity index (χ1n) is 4.25. The van der Waals surface area contributed by atoms with Crippen LogP contribution in [0.1, 0.15) is 20.8 Å². The molecule has 1 heterocycles. The highest BCUT2D eigenvalue weighted by atomic mass is 16.6. The summed E-state index contributed by atoms with van der Waals surface area (Å²) in [4.78, 5) is 33.3. The molecule has 6 heteroatoms. The zero-order valence-electron chi connectivity index (χ0n) is 8.60. The molecule has 15 heavy (non-hydrogen) atoms. The van der Waals surface area contributed by atoms with Gasteiger partial charge in [-0.1, -0.05) is 0 Å². The van der Waals surface area contributed by atoms with Crippen LogP contribution in [0.3, 0.4) is 0 Å². The normalized spacial score (nSPS) is 16.8. The van der Waals surface area contributed by atoms with Crippen molar-refractivity contribution in [3.63, 3.8) is 0 Å². The van der Waals surface area contributed by atoms with Crippen molar-refractivity contribution in [3.05, 3.63) is 11.6 Å². The van der Waals surface area contributed by atoms with Crippen LogP contribution in [0.15, 0.2) is 11.6 Å². The molecule has 82 valence electrons. The predicted octanol–water partition coefficient (Wildman–Crippen LogP) is 0.0125. The summed E-state index contributed by atoms with van der Waals surface area (Å²) in [6, 6.07) is 0. The molecule has 0 aromatic heterocycles. The number of hydrogen-bond donors (Lipinski definition) is 1. The number of hydrogen-bond acceptors (Lipinski definition) is 5. The summed E-state index contributed by atoms with van der Waals surface area (Å²) in [7, 11) is 0. The second-order valence-corrected chi connectivity index (χ2v) is 4.02. The van der Waals surface area contributed by atoms with Crippen molar-refractivity contribution in [1.29, 1.82) is 0 Å². The highest BCUT2D eigenvalue weighted by Crippen LogP contribution is 2.16. The monoisotopic (exact) mass is 213 g/mol. The molecule has 2 amide bonds. The maximum atomic E-state index is 11.4. The molecule has 1 aliphatic rings. The highest BCUT2D eigenvalue weighted by molar-refractivity contribution is 6.27. The quantitative estimate of drug-likeness (QED) is 0.287. The molecule has 0 aromatic rings. The number of carbonyl (C=O) groups is 3. The van der Waals surface area contributed by atoms with Crippen molar-refractivity contribution in [2.45, 2.75) is 26.4 Å². The van der Waals surface area contributed by atoms with Gasteiger partial charge in [-0.2, -0.15) is 0 Å². The second-order valence-electron chi connectivity index (χ2n) is 4.02. The van der Waals surface area contributed by atoms with Gasteiger partial charge in [0.05, 0.1) is 0 Å². The third-order valence-corrected chi connectivity index (χ3v) is 1.52. The maximum absolute atomic E-state index is 11.4. The lowest BCUT2D eigenvalue weighted by atomic mass is 10.2. The van der Waals surface area contributed by atoms with E-state index in [0.717, 1.165) is 6.08 Å². The largest absolute Gasteiger partial charge is 0.456 e. The minimum absolute atomic E-state index is 0.126. The number of esters is 1. The van der Waals surface area contributed by atoms with Crippen LogP contribution in [0.4, 0.5) is 0 Å². The lowest BCUT2D eigenvalue weighted by molar-refractivity contribution is -0.170. The van der Waals surface area contributed by atoms with Crippen LogP contribution in [0.2, 0.25) is 0 Å². The molecule has 0 saturated heterocycles. The molecule has 0 unspecified atom stereocenters. The van der Waals surface area contributed by atoms with Gasteiger partial charge in [-0.05, 0) is 20.8 Å². The second kappa shape index (κ2) is 3.47. The van der Waals surface area contributed by atoms with E-state index in [1.165, 1.54) is 0 Å². The molecular formula is C9H11NO5. The van der Waals surface area contributed by atoms with E-state index >= 15 is 0 Å². The van der Waals surface area contributed by atoms with Crippen LogP contribution in [0.5, 0.6) is 0 Å². The summed E-state index contributed by atoms with van der Waals surface area (Å²) in [5.74, 6) is -2.92. The van der Waals surface area contributed by atoms with E-state index in [4.69, 9.17) is 9.94 Å². The van der Waals surface area contributed by atoms with Crippen molar-refractivity contribution in [1.82, 2.24) is 5.06 Å². The maximum Gasteiger partial charge on any atom is 0.344 e. The summed E-state index contributed by atoms with van der Waals surface area (Å²) in [5.41, 5.74) is -1.22. The summed E-state index contributed by atoms with van der Waals surface area (Å²) < 4.78 is 4.87. The van der Waals surface area contributed by atoms with Gasteiger partial charge in [-0.25, -0.2) is 4.79 Å². The van der Waals surface area contributed by atoms with Crippen LogP contribution in [-0.4, -0.2) is 33.7 Å². The van der Waals surface area contributed by atoms with E-state index < -0.39 is 29.0 Å². The third kappa shape index (κ3) is 2.41. The smallest absolute Gasteiger partial charge is 0.344 e. The Balaban J connectivity index is 2.83. The van der Waals surface area contributed by atoms with E-state index in [0.29, 0.717) is 0 Å². The van der Waals surface area contributed by atoms with Crippen LogP contribution in [0, 0.1) is 0 Å². The fourth-order valence-corrected chi connectivity index (χ4v) is 0.940. The Kier molecular flexibility index (Phi) is 2.63. The summed E-state index contributed by atoms with van der Waals surface area (Å²) in [6.45, 7) is 4.89. The van der Waals surface area contributed by atoms with E-state index in [9.17, 15) is 14.4 Å². The Hall–Kier alpha value is -1.69. The van der Waals surface area contributed by atoms with Gasteiger partial charge in [0.15, 0.2) is 0 Å². The number of hydroxylamine groups is 2. The van der Waals surface area contributed by atoms with E-state index in [-0.39, 0.29) is 5.06 Å². The Morgan fingerprint density at radius 3 is 2.27 bits per heavy atom. The number of nitrogens with zero attached hydrogens (tertiary/aromatic N) is 1. The van der Waals surface area contributed by atoms with Gasteiger partial charge in [0.1, 0.15) is 11.2 Å². The van der Waals surface area contributed by atoms with E-state index in [1.54, 1.807) is 20.8 Å². The van der Waals surface area contributed by atoms with Gasteiger partial charge in [0.2, 0.25) is 0 Å². The summed E-state index contributed by atoms with van der Waals surface area (Å²) >= 11 is 0. The van der Waals surface area contributed by atoms with Crippen molar-refractivity contribution < 1.29 is 24.3 Å². The van der Waals surface area contributed by atoms with Gasteiger partial charge < -0.3 is 4.74 Å². The molecule has 0 aromatic carbocycles. The average Bonchev–Trinajstić information content (AvgIpc) is 2.30. The topological polar surface area (TPSA) is 83.9 Å².